The first-order valence-electron chi connectivity index (χ1n) is 8.53. The number of nitrogens with zero attached hydrogens (tertiary/aromatic N) is 2. The Kier molecular flexibility index (Phi) is 6.24. The number of aromatic nitrogens is 1. The molecule has 2 heterocycles. The van der Waals surface area contributed by atoms with Gasteiger partial charge in [-0.15, -0.1) is 11.3 Å². The van der Waals surface area contributed by atoms with E-state index in [1.54, 1.807) is 6.20 Å². The standard InChI is InChI=1S/C17H18ClN3O6S2/c1-17(15(23)20-24)14(22)3-2-8-21(17)29(25,26)13-6-4-11(5-7-13)27-10-12-9-19-16(18)28-12/h4-7,9,24H,2-3,8,10H2,1H3,(H,20,23)/t17-/m1/s1. The highest BCUT2D eigenvalue weighted by Gasteiger charge is 2.53. The van der Waals surface area contributed by atoms with Gasteiger partial charge in [0.1, 0.15) is 12.4 Å². The van der Waals surface area contributed by atoms with Crippen molar-refractivity contribution < 1.29 is 28.0 Å². The number of sulfonamides is 1. The van der Waals surface area contributed by atoms with Gasteiger partial charge < -0.3 is 4.74 Å². The molecule has 3 rings (SSSR count). The molecule has 9 nitrogen and oxygen atoms in total. The average molecular weight is 460 g/mol. The van der Waals surface area contributed by atoms with Crippen LogP contribution < -0.4 is 10.2 Å². The normalized spacial score (nSPS) is 20.4. The molecule has 2 N–H and O–H groups in total. The number of benzene rings is 1. The Labute approximate surface area is 176 Å². The van der Waals surface area contributed by atoms with Gasteiger partial charge in [0.05, 0.1) is 9.77 Å². The quantitative estimate of drug-likeness (QED) is 0.384. The fraction of sp³-hybridized carbons (Fsp3) is 0.353. The number of hydrogen-bond acceptors (Lipinski definition) is 8. The Bertz CT molecular complexity index is 1010. The highest BCUT2D eigenvalue weighted by molar-refractivity contribution is 7.89. The van der Waals surface area contributed by atoms with E-state index in [9.17, 15) is 18.0 Å². The van der Waals surface area contributed by atoms with Gasteiger partial charge in [-0.2, -0.15) is 4.31 Å². The lowest BCUT2D eigenvalue weighted by Gasteiger charge is -2.40. The highest BCUT2D eigenvalue weighted by Crippen LogP contribution is 2.32. The van der Waals surface area contributed by atoms with Gasteiger partial charge in [0.25, 0.3) is 5.91 Å². The molecule has 1 saturated heterocycles. The number of ether oxygens (including phenoxy) is 1. The van der Waals surface area contributed by atoms with E-state index >= 15 is 0 Å². The van der Waals surface area contributed by atoms with E-state index in [2.05, 4.69) is 4.98 Å². The molecule has 0 aliphatic carbocycles. The second-order valence-corrected chi connectivity index (χ2v) is 10.0. The summed E-state index contributed by atoms with van der Waals surface area (Å²) in [7, 11) is -4.18. The van der Waals surface area contributed by atoms with Gasteiger partial charge in [0.15, 0.2) is 15.8 Å². The lowest BCUT2D eigenvalue weighted by atomic mass is 9.89. The number of hydrogen-bond donors (Lipinski definition) is 2. The predicted octanol–water partition coefficient (Wildman–Crippen LogP) is 1.99. The van der Waals surface area contributed by atoms with Crippen LogP contribution in [-0.4, -0.2) is 46.7 Å². The molecule has 2 aromatic rings. The van der Waals surface area contributed by atoms with Crippen molar-refractivity contribution in [3.63, 3.8) is 0 Å². The molecule has 0 bridgehead atoms. The Morgan fingerprint density at radius 3 is 2.69 bits per heavy atom. The molecule has 1 fully saturated rings. The van der Waals surface area contributed by atoms with E-state index < -0.39 is 27.3 Å². The molecule has 1 aliphatic heterocycles. The van der Waals surface area contributed by atoms with Gasteiger partial charge in [-0.25, -0.2) is 18.9 Å². The van der Waals surface area contributed by atoms with Crippen LogP contribution in [0.3, 0.4) is 0 Å². The third kappa shape index (κ3) is 4.14. The summed E-state index contributed by atoms with van der Waals surface area (Å²) in [5.41, 5.74) is -0.619. The second kappa shape index (κ2) is 8.36. The van der Waals surface area contributed by atoms with Crippen molar-refractivity contribution in [2.45, 2.75) is 36.8 Å². The van der Waals surface area contributed by atoms with Crippen LogP contribution in [0, 0.1) is 0 Å². The summed E-state index contributed by atoms with van der Waals surface area (Å²) in [5.74, 6) is -1.24. The topological polar surface area (TPSA) is 126 Å². The lowest BCUT2D eigenvalue weighted by Crippen LogP contribution is -2.65. The zero-order valence-electron chi connectivity index (χ0n) is 15.3. The summed E-state index contributed by atoms with van der Waals surface area (Å²) < 4.78 is 33.0. The summed E-state index contributed by atoms with van der Waals surface area (Å²) in [4.78, 5) is 29.1. The van der Waals surface area contributed by atoms with E-state index in [4.69, 9.17) is 21.5 Å². The molecule has 1 aromatic heterocycles. The molecule has 1 amide bonds. The third-order valence-electron chi connectivity index (χ3n) is 4.67. The van der Waals surface area contributed by atoms with Gasteiger partial charge in [-0.1, -0.05) is 11.6 Å². The molecule has 156 valence electrons. The number of halogens is 1. The predicted molar refractivity (Wildman–Crippen MR) is 104 cm³/mol. The Hall–Kier alpha value is -2.05. The number of carbonyl (C=O) groups is 2. The van der Waals surface area contributed by atoms with E-state index in [0.29, 0.717) is 10.2 Å². The maximum atomic E-state index is 13.1. The molecule has 1 aliphatic rings. The monoisotopic (exact) mass is 459 g/mol. The van der Waals surface area contributed by atoms with Crippen molar-refractivity contribution >= 4 is 44.7 Å². The molecule has 0 unspecified atom stereocenters. The first-order chi connectivity index (χ1) is 13.7. The molecular formula is C17H18ClN3O6S2. The van der Waals surface area contributed by atoms with E-state index in [1.165, 1.54) is 48.0 Å². The smallest absolute Gasteiger partial charge is 0.272 e. The summed E-state index contributed by atoms with van der Waals surface area (Å²) in [5, 5.41) is 9.01. The van der Waals surface area contributed by atoms with Crippen LogP contribution in [0.25, 0.3) is 0 Å². The maximum absolute atomic E-state index is 13.1. The Morgan fingerprint density at radius 1 is 1.41 bits per heavy atom. The van der Waals surface area contributed by atoms with Crippen molar-refractivity contribution in [3.05, 3.63) is 39.8 Å². The zero-order chi connectivity index (χ0) is 21.2. The minimum atomic E-state index is -4.18. The number of thiazole rings is 1. The summed E-state index contributed by atoms with van der Waals surface area (Å²) >= 11 is 7.04. The lowest BCUT2D eigenvalue weighted by molar-refractivity contribution is -0.148. The van der Waals surface area contributed by atoms with Gasteiger partial charge >= 0.3 is 0 Å². The fourth-order valence-electron chi connectivity index (χ4n) is 3.04. The number of amides is 1. The largest absolute Gasteiger partial charge is 0.488 e. The molecule has 0 saturated carbocycles. The van der Waals surface area contributed by atoms with Crippen LogP contribution in [0.15, 0.2) is 35.4 Å². The van der Waals surface area contributed by atoms with Crippen molar-refractivity contribution in [2.24, 2.45) is 0 Å². The van der Waals surface area contributed by atoms with Crippen molar-refractivity contribution in [1.29, 1.82) is 0 Å². The van der Waals surface area contributed by atoms with Crippen LogP contribution in [0.2, 0.25) is 4.47 Å². The molecule has 12 heteroatoms. The van der Waals surface area contributed by atoms with Crippen LogP contribution in [0.1, 0.15) is 24.6 Å². The van der Waals surface area contributed by atoms with Gasteiger partial charge in [-0.3, -0.25) is 14.8 Å². The van der Waals surface area contributed by atoms with Crippen LogP contribution in [-0.2, 0) is 26.2 Å². The van der Waals surface area contributed by atoms with Gasteiger partial charge in [0.2, 0.25) is 10.0 Å². The Balaban J connectivity index is 1.82. The number of Topliss-reactive ketones (excluding diaryl/α,β-unsaturated/α-hetero) is 1. The average Bonchev–Trinajstić information content (AvgIpc) is 3.13. The van der Waals surface area contributed by atoms with E-state index in [1.807, 2.05) is 0 Å². The van der Waals surface area contributed by atoms with Gasteiger partial charge in [-0.05, 0) is 37.6 Å². The molecule has 0 spiro atoms. The fourth-order valence-corrected chi connectivity index (χ4v) is 5.70. The first kappa shape index (κ1) is 21.7. The second-order valence-electron chi connectivity index (χ2n) is 6.46. The number of carbonyl (C=O) groups excluding carboxylic acids is 2. The van der Waals surface area contributed by atoms with Crippen LogP contribution in [0.4, 0.5) is 0 Å². The maximum Gasteiger partial charge on any atom is 0.272 e. The van der Waals surface area contributed by atoms with Gasteiger partial charge in [0, 0.05) is 19.2 Å². The molecular weight excluding hydrogens is 442 g/mol. The number of ketones is 1. The molecule has 1 aromatic carbocycles. The van der Waals surface area contributed by atoms with Crippen molar-refractivity contribution in [2.75, 3.05) is 6.54 Å². The minimum Gasteiger partial charge on any atom is -0.488 e. The number of piperidine rings is 1. The molecule has 1 atom stereocenters. The molecule has 29 heavy (non-hydrogen) atoms. The van der Waals surface area contributed by atoms with E-state index in [-0.39, 0.29) is 30.9 Å². The SMILES string of the molecule is C[C@]1(C(=O)NO)C(=O)CCCN1S(=O)(=O)c1ccc(OCc2cnc(Cl)s2)cc1. The minimum absolute atomic E-state index is 0.0254. The van der Waals surface area contributed by atoms with Crippen molar-refractivity contribution in [1.82, 2.24) is 14.8 Å². The summed E-state index contributed by atoms with van der Waals surface area (Å²) in [6, 6.07) is 5.62. The molecule has 0 radical (unpaired) electrons. The highest BCUT2D eigenvalue weighted by atomic mass is 35.5. The van der Waals surface area contributed by atoms with Crippen molar-refractivity contribution in [3.8, 4) is 5.75 Å². The van der Waals surface area contributed by atoms with Crippen LogP contribution >= 0.6 is 22.9 Å². The third-order valence-corrected chi connectivity index (χ3v) is 7.75. The number of rotatable bonds is 6. The van der Waals surface area contributed by atoms with Crippen LogP contribution in [0.5, 0.6) is 5.75 Å². The number of nitrogens with one attached hydrogen (secondary N) is 1. The first-order valence-corrected chi connectivity index (χ1v) is 11.2. The van der Waals surface area contributed by atoms with E-state index in [0.717, 1.165) is 9.18 Å². The summed E-state index contributed by atoms with van der Waals surface area (Å²) in [6.45, 7) is 1.39. The zero-order valence-corrected chi connectivity index (χ0v) is 17.7. The Morgan fingerprint density at radius 2 is 2.10 bits per heavy atom. The summed E-state index contributed by atoms with van der Waals surface area (Å²) in [6.07, 6.45) is 1.92. The number of hydroxylamine groups is 1.